The molecule has 1 aromatic rings. The van der Waals surface area contributed by atoms with Gasteiger partial charge in [-0.1, -0.05) is 0 Å². The number of hydrogen-bond acceptors (Lipinski definition) is 6. The van der Waals surface area contributed by atoms with Crippen LogP contribution in [0.15, 0.2) is 26.8 Å². The van der Waals surface area contributed by atoms with Crippen molar-refractivity contribution in [2.75, 3.05) is 43.9 Å². The van der Waals surface area contributed by atoms with Gasteiger partial charge in [0, 0.05) is 37.7 Å². The van der Waals surface area contributed by atoms with Crippen LogP contribution in [-0.4, -0.2) is 49.8 Å². The van der Waals surface area contributed by atoms with Gasteiger partial charge in [0.1, 0.15) is 11.3 Å². The molecule has 0 aromatic heterocycles. The molecule has 0 spiro atoms. The monoisotopic (exact) mass is 397 g/mol. The van der Waals surface area contributed by atoms with Crippen LogP contribution in [0.1, 0.15) is 20.8 Å². The van der Waals surface area contributed by atoms with Crippen LogP contribution in [-0.2, 0) is 4.74 Å². The van der Waals surface area contributed by atoms with E-state index in [0.29, 0.717) is 37.6 Å². The third kappa shape index (κ3) is 4.37. The van der Waals surface area contributed by atoms with Crippen molar-refractivity contribution in [1.82, 2.24) is 4.90 Å². The molecular formula is C16H24BrN5O2. The number of nitrogen functional groups attached to an aromatic ring is 1. The Labute approximate surface area is 151 Å². The minimum Gasteiger partial charge on any atom is -0.444 e. The van der Waals surface area contributed by atoms with Gasteiger partial charge >= 0.3 is 6.09 Å². The molecule has 0 atom stereocenters. The summed E-state index contributed by atoms with van der Waals surface area (Å²) in [6.07, 6.45) is -0.272. The maximum Gasteiger partial charge on any atom is 0.410 e. The second-order valence-corrected chi connectivity index (χ2v) is 7.44. The summed E-state index contributed by atoms with van der Waals surface area (Å²) < 4.78 is 6.22. The van der Waals surface area contributed by atoms with Gasteiger partial charge in [0.15, 0.2) is 0 Å². The normalized spacial score (nSPS) is 15.9. The Hall–Kier alpha value is -1.83. The molecule has 1 aliphatic rings. The number of carbonyl (C=O) groups is 1. The van der Waals surface area contributed by atoms with E-state index in [9.17, 15) is 4.79 Å². The van der Waals surface area contributed by atoms with Crippen molar-refractivity contribution in [2.45, 2.75) is 26.4 Å². The fourth-order valence-electron chi connectivity index (χ4n) is 2.49. The number of nitrogens with two attached hydrogens (primary N) is 1. The Morgan fingerprint density at radius 2 is 1.88 bits per heavy atom. The number of nitrogens with zero attached hydrogens (tertiary/aromatic N) is 4. The Bertz CT molecular complexity index is 634. The average Bonchev–Trinajstić information content (AvgIpc) is 2.51. The van der Waals surface area contributed by atoms with Gasteiger partial charge in [0.25, 0.3) is 0 Å². The molecule has 1 saturated heterocycles. The Balaban J connectivity index is 2.10. The van der Waals surface area contributed by atoms with E-state index in [1.54, 1.807) is 11.9 Å². The fraction of sp³-hybridized carbons (Fsp3) is 0.562. The fourth-order valence-corrected chi connectivity index (χ4v) is 2.81. The Morgan fingerprint density at radius 3 is 2.42 bits per heavy atom. The van der Waals surface area contributed by atoms with Crippen molar-refractivity contribution >= 4 is 39.1 Å². The van der Waals surface area contributed by atoms with Gasteiger partial charge in [-0.25, -0.2) is 4.79 Å². The van der Waals surface area contributed by atoms with E-state index in [-0.39, 0.29) is 6.09 Å². The molecule has 0 saturated carbocycles. The first kappa shape index (κ1) is 18.5. The molecule has 7 nitrogen and oxygen atoms in total. The van der Waals surface area contributed by atoms with Crippen LogP contribution in [0.5, 0.6) is 0 Å². The van der Waals surface area contributed by atoms with E-state index in [1.165, 1.54) is 0 Å². The number of piperazine rings is 1. The smallest absolute Gasteiger partial charge is 0.410 e. The lowest BCUT2D eigenvalue weighted by molar-refractivity contribution is 0.0240. The molecule has 0 radical (unpaired) electrons. The zero-order valence-electron chi connectivity index (χ0n) is 14.5. The van der Waals surface area contributed by atoms with Crippen molar-refractivity contribution in [2.24, 2.45) is 10.2 Å². The number of anilines is 2. The van der Waals surface area contributed by atoms with E-state index in [2.05, 4.69) is 31.1 Å². The van der Waals surface area contributed by atoms with Crippen molar-refractivity contribution in [3.05, 3.63) is 16.6 Å². The zero-order valence-corrected chi connectivity index (χ0v) is 16.1. The molecule has 0 aliphatic carbocycles. The third-order valence-corrected chi connectivity index (χ3v) is 4.31. The lowest BCUT2D eigenvalue weighted by Crippen LogP contribution is -2.50. The van der Waals surface area contributed by atoms with E-state index in [4.69, 9.17) is 10.5 Å². The summed E-state index contributed by atoms with van der Waals surface area (Å²) in [5.41, 5.74) is 7.76. The van der Waals surface area contributed by atoms with Crippen LogP contribution >= 0.6 is 15.9 Å². The van der Waals surface area contributed by atoms with E-state index >= 15 is 0 Å². The van der Waals surface area contributed by atoms with Crippen LogP contribution < -0.4 is 10.6 Å². The van der Waals surface area contributed by atoms with Gasteiger partial charge in [-0.3, -0.25) is 0 Å². The Kier molecular flexibility index (Phi) is 5.69. The van der Waals surface area contributed by atoms with Crippen LogP contribution in [0, 0.1) is 0 Å². The number of halogens is 1. The SMILES string of the molecule is CN=Nc1c(N2CCN(C(=O)OC(C)(C)C)CC2)ccc(Br)c1N. The molecule has 1 amide bonds. The highest BCUT2D eigenvalue weighted by atomic mass is 79.9. The molecule has 2 rings (SSSR count). The second kappa shape index (κ2) is 7.38. The molecule has 8 heteroatoms. The highest BCUT2D eigenvalue weighted by Gasteiger charge is 2.27. The number of azo groups is 1. The van der Waals surface area contributed by atoms with Crippen molar-refractivity contribution in [1.29, 1.82) is 0 Å². The molecule has 2 N–H and O–H groups in total. The number of rotatable bonds is 2. The van der Waals surface area contributed by atoms with Gasteiger partial charge in [0.05, 0.1) is 11.4 Å². The van der Waals surface area contributed by atoms with Gasteiger partial charge in [-0.05, 0) is 48.8 Å². The first-order chi connectivity index (χ1) is 11.2. The predicted octanol–water partition coefficient (Wildman–Crippen LogP) is 3.80. The number of benzene rings is 1. The van der Waals surface area contributed by atoms with E-state index < -0.39 is 5.60 Å². The molecule has 1 aliphatic heterocycles. The molecule has 1 aromatic carbocycles. The molecular weight excluding hydrogens is 374 g/mol. The van der Waals surface area contributed by atoms with Crippen molar-refractivity contribution in [3.63, 3.8) is 0 Å². The summed E-state index contributed by atoms with van der Waals surface area (Å²) in [6, 6.07) is 3.87. The zero-order chi connectivity index (χ0) is 17.9. The topological polar surface area (TPSA) is 83.5 Å². The molecule has 1 heterocycles. The van der Waals surface area contributed by atoms with Gasteiger partial charge in [0.2, 0.25) is 0 Å². The van der Waals surface area contributed by atoms with Gasteiger partial charge in [-0.15, -0.1) is 0 Å². The minimum absolute atomic E-state index is 0.272. The molecule has 0 unspecified atom stereocenters. The van der Waals surface area contributed by atoms with E-state index in [1.807, 2.05) is 32.9 Å². The van der Waals surface area contributed by atoms with Crippen molar-refractivity contribution in [3.8, 4) is 0 Å². The number of amides is 1. The maximum atomic E-state index is 12.2. The quantitative estimate of drug-likeness (QED) is 0.607. The molecule has 132 valence electrons. The Morgan fingerprint density at radius 1 is 1.25 bits per heavy atom. The van der Waals surface area contributed by atoms with Crippen LogP contribution in [0.2, 0.25) is 0 Å². The second-order valence-electron chi connectivity index (χ2n) is 6.58. The van der Waals surface area contributed by atoms with Crippen LogP contribution in [0.25, 0.3) is 0 Å². The summed E-state index contributed by atoms with van der Waals surface area (Å²) in [7, 11) is 1.62. The first-order valence-corrected chi connectivity index (χ1v) is 8.63. The average molecular weight is 398 g/mol. The standard InChI is InChI=1S/C16H24BrN5O2/c1-16(2,3)24-15(23)22-9-7-21(8-10-22)12-6-5-11(17)13(18)14(12)20-19-4/h5-6H,7-10,18H2,1-4H3. The first-order valence-electron chi connectivity index (χ1n) is 7.83. The largest absolute Gasteiger partial charge is 0.444 e. The summed E-state index contributed by atoms with van der Waals surface area (Å²) in [5.74, 6) is 0. The summed E-state index contributed by atoms with van der Waals surface area (Å²) in [4.78, 5) is 16.0. The van der Waals surface area contributed by atoms with Crippen LogP contribution in [0.3, 0.4) is 0 Å². The molecule has 24 heavy (non-hydrogen) atoms. The summed E-state index contributed by atoms with van der Waals surface area (Å²) >= 11 is 3.42. The highest BCUT2D eigenvalue weighted by molar-refractivity contribution is 9.10. The number of carbonyl (C=O) groups excluding carboxylic acids is 1. The van der Waals surface area contributed by atoms with E-state index in [0.717, 1.165) is 10.2 Å². The van der Waals surface area contributed by atoms with Crippen LogP contribution in [0.4, 0.5) is 21.9 Å². The highest BCUT2D eigenvalue weighted by Crippen LogP contribution is 2.39. The summed E-state index contributed by atoms with van der Waals surface area (Å²) in [6.45, 7) is 8.16. The van der Waals surface area contributed by atoms with Crippen molar-refractivity contribution < 1.29 is 9.53 Å². The van der Waals surface area contributed by atoms with Gasteiger partial charge in [-0.2, -0.15) is 10.2 Å². The molecule has 1 fully saturated rings. The number of ether oxygens (including phenoxy) is 1. The lowest BCUT2D eigenvalue weighted by Gasteiger charge is -2.37. The summed E-state index contributed by atoms with van der Waals surface area (Å²) in [5, 5.41) is 8.03. The van der Waals surface area contributed by atoms with Gasteiger partial charge < -0.3 is 20.3 Å². The molecule has 0 bridgehead atoms. The number of hydrogen-bond donors (Lipinski definition) is 1. The maximum absolute atomic E-state index is 12.2. The third-order valence-electron chi connectivity index (χ3n) is 3.61. The predicted molar refractivity (Wildman–Crippen MR) is 99.0 cm³/mol. The minimum atomic E-state index is -0.483. The lowest BCUT2D eigenvalue weighted by atomic mass is 10.2.